The molecule has 1 heterocycles. The van der Waals surface area contributed by atoms with Crippen LogP contribution in [-0.4, -0.2) is 48.8 Å². The Morgan fingerprint density at radius 2 is 1.93 bits per heavy atom. The number of hydrogen-bond donors (Lipinski definition) is 0. The molecule has 0 amide bonds. The fourth-order valence-corrected chi connectivity index (χ4v) is 3.22. The molecule has 0 spiro atoms. The van der Waals surface area contributed by atoms with Crippen LogP contribution in [0.3, 0.4) is 0 Å². The lowest BCUT2D eigenvalue weighted by molar-refractivity contribution is 0.0692. The number of halogens is 1. The highest BCUT2D eigenvalue weighted by Crippen LogP contribution is 2.30. The maximum absolute atomic E-state index is 12.4. The Labute approximate surface area is 168 Å². The van der Waals surface area contributed by atoms with Crippen LogP contribution in [0.4, 0.5) is 0 Å². The Kier molecular flexibility index (Phi) is 6.66. The van der Waals surface area contributed by atoms with Gasteiger partial charge in [-0.25, -0.2) is 4.79 Å². The van der Waals surface area contributed by atoms with Crippen molar-refractivity contribution < 1.29 is 19.0 Å². The molecule has 3 rings (SSSR count). The molecule has 0 aliphatic carbocycles. The summed E-state index contributed by atoms with van der Waals surface area (Å²) < 4.78 is 16.6. The van der Waals surface area contributed by atoms with Gasteiger partial charge >= 0.3 is 5.97 Å². The van der Waals surface area contributed by atoms with E-state index in [1.807, 2.05) is 19.1 Å². The van der Waals surface area contributed by atoms with E-state index in [9.17, 15) is 4.79 Å². The molecule has 0 bridgehead atoms. The summed E-state index contributed by atoms with van der Waals surface area (Å²) >= 11 is 11.5. The van der Waals surface area contributed by atoms with Crippen LogP contribution >= 0.6 is 23.8 Å². The third-order valence-electron chi connectivity index (χ3n) is 4.05. The van der Waals surface area contributed by atoms with Crippen LogP contribution in [0.25, 0.3) is 0 Å². The highest BCUT2D eigenvalue weighted by atomic mass is 35.5. The second-order valence-electron chi connectivity index (χ2n) is 5.90. The molecule has 2 aromatic rings. The number of hydrogen-bond acceptors (Lipinski definition) is 5. The minimum absolute atomic E-state index is 0.343. The van der Waals surface area contributed by atoms with Crippen molar-refractivity contribution in [3.8, 4) is 11.5 Å². The normalized spacial score (nSPS) is 13.9. The molecule has 2 aromatic carbocycles. The maximum Gasteiger partial charge on any atom is 0.343 e. The number of carbonyl (C=O) groups is 1. The molecule has 1 fully saturated rings. The van der Waals surface area contributed by atoms with E-state index in [0.717, 1.165) is 23.6 Å². The van der Waals surface area contributed by atoms with Gasteiger partial charge in [-0.05, 0) is 43.3 Å². The van der Waals surface area contributed by atoms with Crippen LogP contribution in [0.2, 0.25) is 5.02 Å². The van der Waals surface area contributed by atoms with E-state index in [0.29, 0.717) is 41.9 Å². The highest BCUT2D eigenvalue weighted by Gasteiger charge is 2.18. The largest absolute Gasteiger partial charge is 0.490 e. The lowest BCUT2D eigenvalue weighted by atomic mass is 10.1. The van der Waals surface area contributed by atoms with E-state index in [1.54, 1.807) is 30.3 Å². The molecule has 0 radical (unpaired) electrons. The predicted octanol–water partition coefficient (Wildman–Crippen LogP) is 3.97. The van der Waals surface area contributed by atoms with Gasteiger partial charge in [0.25, 0.3) is 0 Å². The monoisotopic (exact) mass is 405 g/mol. The Hall–Kier alpha value is -2.15. The number of ether oxygens (including phenoxy) is 3. The van der Waals surface area contributed by atoms with Crippen molar-refractivity contribution in [2.75, 3.05) is 32.9 Å². The molecule has 1 aliphatic heterocycles. The van der Waals surface area contributed by atoms with Gasteiger partial charge in [-0.15, -0.1) is 0 Å². The first-order valence-electron chi connectivity index (χ1n) is 8.70. The number of carbonyl (C=O) groups excluding carboxylic acids is 1. The maximum atomic E-state index is 12.4. The van der Waals surface area contributed by atoms with E-state index in [4.69, 9.17) is 38.0 Å². The van der Waals surface area contributed by atoms with Gasteiger partial charge in [0.15, 0.2) is 11.5 Å². The average molecular weight is 406 g/mol. The van der Waals surface area contributed by atoms with Crippen LogP contribution in [0.15, 0.2) is 42.5 Å². The molecule has 0 atom stereocenters. The average Bonchev–Trinajstić information content (AvgIpc) is 2.69. The SMILES string of the molecule is CCOc1cc(C(=S)N2CCOCC2)ccc1OC(=O)c1cccc(Cl)c1. The summed E-state index contributed by atoms with van der Waals surface area (Å²) in [4.78, 5) is 15.2. The van der Waals surface area contributed by atoms with Gasteiger partial charge in [0, 0.05) is 23.7 Å². The molecule has 0 saturated carbocycles. The smallest absolute Gasteiger partial charge is 0.343 e. The number of morpholine rings is 1. The van der Waals surface area contributed by atoms with Gasteiger partial charge in [0.1, 0.15) is 4.99 Å². The Morgan fingerprint density at radius 1 is 1.15 bits per heavy atom. The Bertz CT molecular complexity index is 836. The summed E-state index contributed by atoms with van der Waals surface area (Å²) in [6, 6.07) is 12.0. The van der Waals surface area contributed by atoms with Crippen molar-refractivity contribution in [2.24, 2.45) is 0 Å². The summed E-state index contributed by atoms with van der Waals surface area (Å²) in [5.74, 6) is 0.318. The molecule has 0 unspecified atom stereocenters. The molecule has 7 heteroatoms. The summed E-state index contributed by atoms with van der Waals surface area (Å²) in [7, 11) is 0. The summed E-state index contributed by atoms with van der Waals surface area (Å²) in [5.41, 5.74) is 1.22. The van der Waals surface area contributed by atoms with Crippen LogP contribution in [0.5, 0.6) is 11.5 Å². The first-order valence-corrected chi connectivity index (χ1v) is 9.48. The Balaban J connectivity index is 1.80. The standard InChI is InChI=1S/C20H20ClNO4S/c1-2-25-18-13-14(19(27)22-8-10-24-11-9-22)6-7-17(18)26-20(23)15-4-3-5-16(21)12-15/h3-7,12-13H,2,8-11H2,1H3. The molecule has 142 valence electrons. The summed E-state index contributed by atoms with van der Waals surface area (Å²) in [5, 5.41) is 0.473. The molecular formula is C20H20ClNO4S. The van der Waals surface area contributed by atoms with Crippen molar-refractivity contribution in [3.05, 3.63) is 58.6 Å². The van der Waals surface area contributed by atoms with Crippen LogP contribution in [0.1, 0.15) is 22.8 Å². The summed E-state index contributed by atoms with van der Waals surface area (Å²) in [6.07, 6.45) is 0. The lowest BCUT2D eigenvalue weighted by Gasteiger charge is -2.29. The van der Waals surface area contributed by atoms with Crippen LogP contribution < -0.4 is 9.47 Å². The van der Waals surface area contributed by atoms with E-state index in [1.165, 1.54) is 0 Å². The second kappa shape index (κ2) is 9.17. The molecule has 0 N–H and O–H groups in total. The molecule has 0 aromatic heterocycles. The lowest BCUT2D eigenvalue weighted by Crippen LogP contribution is -2.40. The second-order valence-corrected chi connectivity index (χ2v) is 6.72. The zero-order valence-corrected chi connectivity index (χ0v) is 16.5. The van der Waals surface area contributed by atoms with Gasteiger partial charge < -0.3 is 19.1 Å². The van der Waals surface area contributed by atoms with Crippen LogP contribution in [0, 0.1) is 0 Å². The van der Waals surface area contributed by atoms with Gasteiger partial charge in [0.2, 0.25) is 0 Å². The fraction of sp³-hybridized carbons (Fsp3) is 0.300. The van der Waals surface area contributed by atoms with Crippen molar-refractivity contribution >= 4 is 34.8 Å². The fourth-order valence-electron chi connectivity index (χ4n) is 2.72. The van der Waals surface area contributed by atoms with E-state index < -0.39 is 5.97 Å². The van der Waals surface area contributed by atoms with Gasteiger partial charge in [0.05, 0.1) is 25.4 Å². The Morgan fingerprint density at radius 3 is 2.63 bits per heavy atom. The van der Waals surface area contributed by atoms with Gasteiger partial charge in [-0.2, -0.15) is 0 Å². The van der Waals surface area contributed by atoms with Crippen LogP contribution in [-0.2, 0) is 4.74 Å². The molecular weight excluding hydrogens is 386 g/mol. The number of benzene rings is 2. The zero-order chi connectivity index (χ0) is 19.2. The summed E-state index contributed by atoms with van der Waals surface area (Å²) in [6.45, 7) is 5.15. The number of nitrogens with zero attached hydrogens (tertiary/aromatic N) is 1. The molecule has 1 saturated heterocycles. The minimum atomic E-state index is -0.498. The number of esters is 1. The highest BCUT2D eigenvalue weighted by molar-refractivity contribution is 7.80. The van der Waals surface area contributed by atoms with E-state index >= 15 is 0 Å². The number of thiocarbonyl (C=S) groups is 1. The third kappa shape index (κ3) is 4.97. The van der Waals surface area contributed by atoms with Crippen molar-refractivity contribution in [1.29, 1.82) is 0 Å². The zero-order valence-electron chi connectivity index (χ0n) is 14.9. The third-order valence-corrected chi connectivity index (χ3v) is 4.78. The van der Waals surface area contributed by atoms with Crippen molar-refractivity contribution in [1.82, 2.24) is 4.90 Å². The molecule has 1 aliphatic rings. The first kappa shape index (κ1) is 19.6. The number of rotatable bonds is 5. The minimum Gasteiger partial charge on any atom is -0.490 e. The van der Waals surface area contributed by atoms with Crippen molar-refractivity contribution in [2.45, 2.75) is 6.92 Å². The van der Waals surface area contributed by atoms with Gasteiger partial charge in [-0.3, -0.25) is 0 Å². The van der Waals surface area contributed by atoms with E-state index in [-0.39, 0.29) is 0 Å². The molecule has 5 nitrogen and oxygen atoms in total. The van der Waals surface area contributed by atoms with E-state index in [2.05, 4.69) is 4.90 Å². The predicted molar refractivity (Wildman–Crippen MR) is 108 cm³/mol. The topological polar surface area (TPSA) is 48.0 Å². The van der Waals surface area contributed by atoms with Crippen molar-refractivity contribution in [3.63, 3.8) is 0 Å². The molecule has 27 heavy (non-hydrogen) atoms. The first-order chi connectivity index (χ1) is 13.1. The quantitative estimate of drug-likeness (QED) is 0.426. The van der Waals surface area contributed by atoms with Gasteiger partial charge in [-0.1, -0.05) is 29.9 Å².